The molecule has 1 heterocycles. The van der Waals surface area contributed by atoms with Crippen LogP contribution in [0.4, 0.5) is 10.5 Å². The predicted molar refractivity (Wildman–Crippen MR) is 238 cm³/mol. The first kappa shape index (κ1) is 47.0. The fraction of sp³-hybridized carbons (Fsp3) is 0.417. The van der Waals surface area contributed by atoms with E-state index in [1.54, 1.807) is 6.92 Å². The number of rotatable bonds is 20. The third-order valence-corrected chi connectivity index (χ3v) is 11.8. The molecule has 4 aromatic carbocycles. The lowest BCUT2D eigenvalue weighted by Gasteiger charge is -2.35. The molecule has 0 saturated carbocycles. The Morgan fingerprint density at radius 3 is 2.19 bits per heavy atom. The minimum Gasteiger partial charge on any atom is -0.493 e. The van der Waals surface area contributed by atoms with Crippen LogP contribution in [-0.4, -0.2) is 112 Å². The molecule has 0 bridgehead atoms. The molecule has 4 amide bonds. The van der Waals surface area contributed by atoms with Gasteiger partial charge in [-0.15, -0.1) is 0 Å². The maximum Gasteiger partial charge on any atom is 0.410 e. The number of nitro benzene ring substituents is 1. The molecule has 0 radical (unpaired) electrons. The van der Waals surface area contributed by atoms with Gasteiger partial charge in [0.25, 0.3) is 5.69 Å². The van der Waals surface area contributed by atoms with E-state index in [0.29, 0.717) is 19.4 Å². The summed E-state index contributed by atoms with van der Waals surface area (Å²) in [6.07, 6.45) is 1.66. The highest BCUT2D eigenvalue weighted by atomic mass is 16.7. The Morgan fingerprint density at radius 1 is 0.891 bits per heavy atom. The number of benzene rings is 4. The molecule has 1 saturated heterocycles. The van der Waals surface area contributed by atoms with Crippen LogP contribution in [0.1, 0.15) is 73.2 Å². The number of ether oxygens (including phenoxy) is 5. The number of carbonyl (C=O) groups excluding carboxylic acids is 4. The molecule has 4 atom stereocenters. The second kappa shape index (κ2) is 22.2. The number of nitro groups is 1. The van der Waals surface area contributed by atoms with Gasteiger partial charge in [0.15, 0.2) is 17.8 Å². The molecule has 0 aromatic heterocycles. The summed E-state index contributed by atoms with van der Waals surface area (Å²) in [5.74, 6) is -1.32. The highest BCUT2D eigenvalue weighted by Crippen LogP contribution is 2.44. The molecule has 1 aliphatic carbocycles. The van der Waals surface area contributed by atoms with E-state index >= 15 is 0 Å². The molecule has 0 spiro atoms. The van der Waals surface area contributed by atoms with E-state index in [9.17, 15) is 29.3 Å². The fourth-order valence-electron chi connectivity index (χ4n) is 8.11. The standard InChI is InChI=1S/C48H57N5O11/c1-31(37-27-42(60-5)43(28-39(37)53(58)59)61-25-15-22-44(54)49-2)50-46(55)41(30-63-45-23-13-14-24-62-45)51(3)47(56)40(26-32-16-7-6-8-17-32)52(4)48(57)64-29-38-35-20-11-9-18-33(35)34-19-10-12-21-36(34)38/h6-12,16-21,27-28,31,38,40-41,45H,13-15,22-26,29-30H2,1-5H3,(H,49,54)(H,50,55)/t31?,40-,41-,45?/m0/s1. The van der Waals surface area contributed by atoms with Gasteiger partial charge in [-0.3, -0.25) is 29.4 Å². The van der Waals surface area contributed by atoms with E-state index in [4.69, 9.17) is 23.7 Å². The maximum atomic E-state index is 14.8. The number of hydrogen-bond acceptors (Lipinski definition) is 11. The van der Waals surface area contributed by atoms with Crippen molar-refractivity contribution in [1.29, 1.82) is 0 Å². The van der Waals surface area contributed by atoms with Crippen LogP contribution in [0, 0.1) is 10.1 Å². The van der Waals surface area contributed by atoms with Gasteiger partial charge < -0.3 is 39.2 Å². The van der Waals surface area contributed by atoms with E-state index in [-0.39, 0.29) is 67.2 Å². The van der Waals surface area contributed by atoms with Crippen molar-refractivity contribution >= 4 is 29.5 Å². The van der Waals surface area contributed by atoms with Crippen LogP contribution in [0.3, 0.4) is 0 Å². The summed E-state index contributed by atoms with van der Waals surface area (Å²) in [6, 6.07) is 24.5. The van der Waals surface area contributed by atoms with Crippen molar-refractivity contribution in [2.24, 2.45) is 0 Å². The van der Waals surface area contributed by atoms with Crippen molar-refractivity contribution in [2.45, 2.75) is 75.8 Å². The average molecular weight is 880 g/mol. The van der Waals surface area contributed by atoms with Crippen LogP contribution in [-0.2, 0) is 35.0 Å². The third kappa shape index (κ3) is 11.3. The second-order valence-electron chi connectivity index (χ2n) is 15.9. The van der Waals surface area contributed by atoms with Crippen molar-refractivity contribution in [3.63, 3.8) is 0 Å². The molecular formula is C48H57N5O11. The Kier molecular flexibility index (Phi) is 16.3. The number of nitrogens with zero attached hydrogens (tertiary/aromatic N) is 3. The Labute approximate surface area is 373 Å². The summed E-state index contributed by atoms with van der Waals surface area (Å²) in [4.78, 5) is 69.3. The zero-order valence-corrected chi connectivity index (χ0v) is 37.0. The average Bonchev–Trinajstić information content (AvgIpc) is 3.64. The van der Waals surface area contributed by atoms with Gasteiger partial charge in [-0.05, 0) is 66.5 Å². The lowest BCUT2D eigenvalue weighted by Crippen LogP contribution is -2.57. The van der Waals surface area contributed by atoms with Crippen molar-refractivity contribution in [1.82, 2.24) is 20.4 Å². The number of nitrogens with one attached hydrogen (secondary N) is 2. The van der Waals surface area contributed by atoms with Gasteiger partial charge in [0.1, 0.15) is 18.7 Å². The Morgan fingerprint density at radius 2 is 1.56 bits per heavy atom. The Bertz CT molecular complexity index is 2220. The molecule has 16 nitrogen and oxygen atoms in total. The highest BCUT2D eigenvalue weighted by molar-refractivity contribution is 5.92. The molecule has 4 aromatic rings. The van der Waals surface area contributed by atoms with Gasteiger partial charge in [0.05, 0.1) is 42.9 Å². The number of fused-ring (bicyclic) bond motifs is 3. The number of hydrogen-bond donors (Lipinski definition) is 2. The van der Waals surface area contributed by atoms with Crippen LogP contribution < -0.4 is 20.1 Å². The molecule has 1 fully saturated rings. The Balaban J connectivity index is 1.23. The SMILES string of the molecule is CNC(=O)CCCOc1cc([N+](=O)[O-])c(C(C)NC(=O)[C@H](COC2CCCCO2)N(C)C(=O)[C@H](Cc2ccccc2)N(C)C(=O)OCC2c3ccccc3-c3ccccc32)cc1OC. The molecule has 6 rings (SSSR count). The van der Waals surface area contributed by atoms with Crippen LogP contribution in [0.2, 0.25) is 0 Å². The minimum absolute atomic E-state index is 0.0408. The zero-order chi connectivity index (χ0) is 45.8. The zero-order valence-electron chi connectivity index (χ0n) is 37.0. The van der Waals surface area contributed by atoms with Crippen molar-refractivity contribution in [3.8, 4) is 22.6 Å². The van der Waals surface area contributed by atoms with Gasteiger partial charge in [0.2, 0.25) is 17.7 Å². The first-order chi connectivity index (χ1) is 30.9. The van der Waals surface area contributed by atoms with E-state index in [2.05, 4.69) is 10.6 Å². The van der Waals surface area contributed by atoms with Gasteiger partial charge in [-0.1, -0.05) is 78.9 Å². The topological polar surface area (TPSA) is 188 Å². The van der Waals surface area contributed by atoms with E-state index in [1.807, 2.05) is 78.9 Å². The van der Waals surface area contributed by atoms with Crippen molar-refractivity contribution in [3.05, 3.63) is 123 Å². The Hall–Kier alpha value is -6.52. The minimum atomic E-state index is -1.27. The normalized spacial score (nSPS) is 15.7. The molecule has 1 aliphatic heterocycles. The lowest BCUT2D eigenvalue weighted by molar-refractivity contribution is -0.385. The summed E-state index contributed by atoms with van der Waals surface area (Å²) >= 11 is 0. The quantitative estimate of drug-likeness (QED) is 0.0557. The molecule has 16 heteroatoms. The van der Waals surface area contributed by atoms with E-state index < -0.39 is 47.2 Å². The van der Waals surface area contributed by atoms with Crippen LogP contribution >= 0.6 is 0 Å². The maximum absolute atomic E-state index is 14.8. The van der Waals surface area contributed by atoms with Gasteiger partial charge in [-0.2, -0.15) is 0 Å². The molecule has 340 valence electrons. The van der Waals surface area contributed by atoms with Crippen molar-refractivity contribution < 1.29 is 47.8 Å². The number of amides is 4. The second-order valence-corrected chi connectivity index (χ2v) is 15.9. The molecule has 2 unspecified atom stereocenters. The summed E-state index contributed by atoms with van der Waals surface area (Å²) in [5.41, 5.74) is 4.80. The predicted octanol–water partition coefficient (Wildman–Crippen LogP) is 6.55. The number of likely N-dealkylation sites (N-methyl/N-ethyl adjacent to an activating group) is 2. The molecule has 64 heavy (non-hydrogen) atoms. The van der Waals surface area contributed by atoms with Gasteiger partial charge >= 0.3 is 6.09 Å². The lowest BCUT2D eigenvalue weighted by atomic mass is 9.98. The smallest absolute Gasteiger partial charge is 0.410 e. The van der Waals surface area contributed by atoms with E-state index in [1.165, 1.54) is 50.2 Å². The monoisotopic (exact) mass is 879 g/mol. The molecule has 2 N–H and O–H groups in total. The number of methoxy groups -OCH3 is 1. The van der Waals surface area contributed by atoms with Crippen LogP contribution in [0.5, 0.6) is 11.5 Å². The van der Waals surface area contributed by atoms with Crippen LogP contribution in [0.25, 0.3) is 11.1 Å². The summed E-state index contributed by atoms with van der Waals surface area (Å²) in [7, 11) is 5.89. The van der Waals surface area contributed by atoms with E-state index in [0.717, 1.165) is 40.7 Å². The molecular weight excluding hydrogens is 823 g/mol. The largest absolute Gasteiger partial charge is 0.493 e. The summed E-state index contributed by atoms with van der Waals surface area (Å²) < 4.78 is 29.2. The highest BCUT2D eigenvalue weighted by Gasteiger charge is 2.38. The third-order valence-electron chi connectivity index (χ3n) is 11.8. The first-order valence-corrected chi connectivity index (χ1v) is 21.5. The summed E-state index contributed by atoms with van der Waals surface area (Å²) in [5, 5.41) is 17.8. The summed E-state index contributed by atoms with van der Waals surface area (Å²) in [6.45, 7) is 1.93. The van der Waals surface area contributed by atoms with Crippen LogP contribution in [0.15, 0.2) is 91.0 Å². The van der Waals surface area contributed by atoms with Gasteiger partial charge in [-0.25, -0.2) is 4.79 Å². The fourth-order valence-corrected chi connectivity index (χ4v) is 8.11. The van der Waals surface area contributed by atoms with Gasteiger partial charge in [0, 0.05) is 46.5 Å². The molecule has 2 aliphatic rings. The first-order valence-electron chi connectivity index (χ1n) is 21.5. The number of carbonyl (C=O) groups is 4. The van der Waals surface area contributed by atoms with Crippen molar-refractivity contribution in [2.75, 3.05) is 54.7 Å².